The first-order valence-electron chi connectivity index (χ1n) is 6.00. The number of hydrogen-bond acceptors (Lipinski definition) is 3. The lowest BCUT2D eigenvalue weighted by Crippen LogP contribution is -2.49. The fourth-order valence-corrected chi connectivity index (χ4v) is 1.83. The Labute approximate surface area is 112 Å². The highest BCUT2D eigenvalue weighted by Crippen LogP contribution is 2.21. The lowest BCUT2D eigenvalue weighted by Gasteiger charge is -2.34. The van der Waals surface area contributed by atoms with Crippen LogP contribution in [0.2, 0.25) is 0 Å². The molecule has 1 aromatic rings. The highest BCUT2D eigenvalue weighted by atomic mass is 19.1. The van der Waals surface area contributed by atoms with Crippen molar-refractivity contribution in [1.82, 2.24) is 4.90 Å². The number of carboxylic acids is 1. The van der Waals surface area contributed by atoms with Crippen molar-refractivity contribution in [3.8, 4) is 6.07 Å². The first-order valence-corrected chi connectivity index (χ1v) is 6.00. The quantitative estimate of drug-likeness (QED) is 0.886. The molecule has 1 N–H and O–H groups in total. The molecule has 0 saturated carbocycles. The third kappa shape index (κ3) is 3.09. The molecule has 19 heavy (non-hydrogen) atoms. The number of hydrogen-bond donors (Lipinski definition) is 1. The summed E-state index contributed by atoms with van der Waals surface area (Å²) in [6.45, 7) is 5.58. The van der Waals surface area contributed by atoms with Crippen molar-refractivity contribution in [3.63, 3.8) is 0 Å². The second-order valence-electron chi connectivity index (χ2n) is 4.77. The van der Waals surface area contributed by atoms with Crippen molar-refractivity contribution in [3.05, 3.63) is 35.1 Å². The van der Waals surface area contributed by atoms with Crippen LogP contribution in [0.4, 0.5) is 4.39 Å². The van der Waals surface area contributed by atoms with E-state index in [0.717, 1.165) is 0 Å². The standard InChI is InChI=1S/C14H17FN2O2/c1-4-17(14(2,3)13(18)19)9-11-7-5-6-10(8-16)12(11)15/h5-7H,4,9H2,1-3H3,(H,18,19). The van der Waals surface area contributed by atoms with Crippen LogP contribution in [0.5, 0.6) is 0 Å². The summed E-state index contributed by atoms with van der Waals surface area (Å²) in [4.78, 5) is 12.9. The Bertz CT molecular complexity index is 521. The van der Waals surface area contributed by atoms with Crippen LogP contribution < -0.4 is 0 Å². The zero-order valence-electron chi connectivity index (χ0n) is 11.3. The van der Waals surface area contributed by atoms with Gasteiger partial charge in [-0.3, -0.25) is 9.69 Å². The van der Waals surface area contributed by atoms with Crippen molar-refractivity contribution in [2.75, 3.05) is 6.54 Å². The summed E-state index contributed by atoms with van der Waals surface area (Å²) in [5.41, 5.74) is -0.791. The molecule has 4 nitrogen and oxygen atoms in total. The summed E-state index contributed by atoms with van der Waals surface area (Å²) in [7, 11) is 0. The minimum absolute atomic E-state index is 0.0262. The molecule has 0 radical (unpaired) electrons. The van der Waals surface area contributed by atoms with Gasteiger partial charge in [0.1, 0.15) is 17.4 Å². The van der Waals surface area contributed by atoms with E-state index in [4.69, 9.17) is 5.26 Å². The van der Waals surface area contributed by atoms with E-state index >= 15 is 0 Å². The zero-order valence-corrected chi connectivity index (χ0v) is 11.3. The van der Waals surface area contributed by atoms with Gasteiger partial charge in [-0.15, -0.1) is 0 Å². The van der Waals surface area contributed by atoms with Crippen LogP contribution in [0.15, 0.2) is 18.2 Å². The summed E-state index contributed by atoms with van der Waals surface area (Å²) in [5, 5.41) is 18.0. The number of aliphatic carboxylic acids is 1. The largest absolute Gasteiger partial charge is 0.480 e. The lowest BCUT2D eigenvalue weighted by molar-refractivity contribution is -0.149. The van der Waals surface area contributed by atoms with Crippen molar-refractivity contribution in [2.24, 2.45) is 0 Å². The molecule has 0 aliphatic carbocycles. The summed E-state index contributed by atoms with van der Waals surface area (Å²) >= 11 is 0. The van der Waals surface area contributed by atoms with Gasteiger partial charge in [-0.1, -0.05) is 19.1 Å². The van der Waals surface area contributed by atoms with Gasteiger partial charge >= 0.3 is 5.97 Å². The van der Waals surface area contributed by atoms with Gasteiger partial charge in [0.2, 0.25) is 0 Å². The number of nitriles is 1. The Morgan fingerprint density at radius 2 is 2.16 bits per heavy atom. The maximum absolute atomic E-state index is 14.0. The van der Waals surface area contributed by atoms with Gasteiger partial charge in [-0.25, -0.2) is 4.39 Å². The Kier molecular flexibility index (Phi) is 4.62. The average molecular weight is 264 g/mol. The van der Waals surface area contributed by atoms with Crippen LogP contribution >= 0.6 is 0 Å². The molecule has 1 rings (SSSR count). The molecule has 102 valence electrons. The zero-order chi connectivity index (χ0) is 14.6. The third-order valence-electron chi connectivity index (χ3n) is 3.26. The van der Waals surface area contributed by atoms with Gasteiger partial charge in [0, 0.05) is 12.1 Å². The van der Waals surface area contributed by atoms with E-state index in [-0.39, 0.29) is 12.1 Å². The summed E-state index contributed by atoms with van der Waals surface area (Å²) in [6, 6.07) is 6.34. The van der Waals surface area contributed by atoms with Crippen molar-refractivity contribution in [2.45, 2.75) is 32.9 Å². The van der Waals surface area contributed by atoms with Crippen molar-refractivity contribution in [1.29, 1.82) is 5.26 Å². The molecule has 0 amide bonds. The predicted octanol–water partition coefficient (Wildman–Crippen LogP) is 2.38. The molecule has 5 heteroatoms. The number of likely N-dealkylation sites (N-methyl/N-ethyl adjacent to an activating group) is 1. The smallest absolute Gasteiger partial charge is 0.323 e. The van der Waals surface area contributed by atoms with Gasteiger partial charge in [0.15, 0.2) is 0 Å². The first-order chi connectivity index (χ1) is 8.84. The minimum Gasteiger partial charge on any atom is -0.480 e. The van der Waals surface area contributed by atoms with E-state index in [1.54, 1.807) is 36.9 Å². The van der Waals surface area contributed by atoms with E-state index in [2.05, 4.69) is 0 Å². The third-order valence-corrected chi connectivity index (χ3v) is 3.26. The Hall–Kier alpha value is -1.93. The van der Waals surface area contributed by atoms with Crippen LogP contribution in [0, 0.1) is 17.1 Å². The van der Waals surface area contributed by atoms with Crippen LogP contribution in [-0.2, 0) is 11.3 Å². The maximum atomic E-state index is 14.0. The monoisotopic (exact) mass is 264 g/mol. The normalized spacial score (nSPS) is 11.4. The van der Waals surface area contributed by atoms with E-state index in [1.165, 1.54) is 6.07 Å². The van der Waals surface area contributed by atoms with E-state index < -0.39 is 17.3 Å². The molecule has 0 aliphatic heterocycles. The van der Waals surface area contributed by atoms with Crippen LogP contribution in [0.3, 0.4) is 0 Å². The Morgan fingerprint density at radius 1 is 1.53 bits per heavy atom. The number of carboxylic acid groups (broad SMARTS) is 1. The summed E-state index contributed by atoms with van der Waals surface area (Å²) in [5.74, 6) is -1.55. The van der Waals surface area contributed by atoms with E-state index in [0.29, 0.717) is 12.1 Å². The van der Waals surface area contributed by atoms with Gasteiger partial charge < -0.3 is 5.11 Å². The van der Waals surface area contributed by atoms with Gasteiger partial charge in [0.05, 0.1) is 5.56 Å². The number of halogens is 1. The second-order valence-corrected chi connectivity index (χ2v) is 4.77. The number of carbonyl (C=O) groups is 1. The van der Waals surface area contributed by atoms with Crippen LogP contribution in [0.1, 0.15) is 31.9 Å². The highest BCUT2D eigenvalue weighted by Gasteiger charge is 2.34. The molecule has 0 spiro atoms. The molecule has 0 saturated heterocycles. The molecule has 1 aromatic carbocycles. The van der Waals surface area contributed by atoms with Gasteiger partial charge in [-0.05, 0) is 26.5 Å². The van der Waals surface area contributed by atoms with Crippen molar-refractivity contribution >= 4 is 5.97 Å². The Morgan fingerprint density at radius 3 is 2.63 bits per heavy atom. The minimum atomic E-state index is -1.09. The number of benzene rings is 1. The molecular formula is C14H17FN2O2. The fourth-order valence-electron chi connectivity index (χ4n) is 1.83. The Balaban J connectivity index is 3.07. The molecule has 0 unspecified atom stereocenters. The molecule has 0 fully saturated rings. The summed E-state index contributed by atoms with van der Waals surface area (Å²) < 4.78 is 14.0. The fraction of sp³-hybridized carbons (Fsp3) is 0.429. The number of rotatable bonds is 5. The second kappa shape index (κ2) is 5.81. The predicted molar refractivity (Wildman–Crippen MR) is 68.9 cm³/mol. The van der Waals surface area contributed by atoms with E-state index in [1.807, 2.05) is 6.92 Å². The first kappa shape index (κ1) is 15.1. The van der Waals surface area contributed by atoms with Gasteiger partial charge in [0.25, 0.3) is 0 Å². The maximum Gasteiger partial charge on any atom is 0.323 e. The van der Waals surface area contributed by atoms with Crippen LogP contribution in [0.25, 0.3) is 0 Å². The number of nitrogens with zero attached hydrogens (tertiary/aromatic N) is 2. The van der Waals surface area contributed by atoms with Crippen LogP contribution in [-0.4, -0.2) is 28.1 Å². The molecular weight excluding hydrogens is 247 g/mol. The van der Waals surface area contributed by atoms with Gasteiger partial charge in [-0.2, -0.15) is 5.26 Å². The SMILES string of the molecule is CCN(Cc1cccc(C#N)c1F)C(C)(C)C(=O)O. The van der Waals surface area contributed by atoms with E-state index in [9.17, 15) is 14.3 Å². The average Bonchev–Trinajstić information content (AvgIpc) is 2.37. The highest BCUT2D eigenvalue weighted by molar-refractivity contribution is 5.77. The molecule has 0 atom stereocenters. The molecule has 0 aliphatic rings. The topological polar surface area (TPSA) is 64.3 Å². The molecule has 0 aromatic heterocycles. The molecule has 0 heterocycles. The lowest BCUT2D eigenvalue weighted by atomic mass is 10.0. The summed E-state index contributed by atoms with van der Waals surface area (Å²) in [6.07, 6.45) is 0. The molecule has 0 bridgehead atoms. The van der Waals surface area contributed by atoms with Crippen molar-refractivity contribution < 1.29 is 14.3 Å².